The normalized spacial score (nSPS) is 18.1. The van der Waals surface area contributed by atoms with Gasteiger partial charge in [0.25, 0.3) is 0 Å². The van der Waals surface area contributed by atoms with Gasteiger partial charge in [-0.25, -0.2) is 4.79 Å². The van der Waals surface area contributed by atoms with Gasteiger partial charge < -0.3 is 4.84 Å². The number of hydrogen-bond donors (Lipinski definition) is 0. The molecular weight excluding hydrogens is 178 g/mol. The van der Waals surface area contributed by atoms with Gasteiger partial charge in [0.2, 0.25) is 0 Å². The van der Waals surface area contributed by atoms with Crippen LogP contribution in [0, 0.1) is 11.3 Å². The van der Waals surface area contributed by atoms with Crippen LogP contribution in [-0.4, -0.2) is 11.7 Å². The summed E-state index contributed by atoms with van der Waals surface area (Å²) in [6.45, 7) is 7.64. The Morgan fingerprint density at radius 1 is 1.50 bits per heavy atom. The standard InChI is InChI=1S/C11H19NO2/c1-5-11(3,4)10(13)14-12-8(2)9-6-7-9/h9H,5-7H2,1-4H3/b12-8+. The van der Waals surface area contributed by atoms with Gasteiger partial charge in [0.05, 0.1) is 11.1 Å². The van der Waals surface area contributed by atoms with E-state index in [9.17, 15) is 4.79 Å². The predicted molar refractivity (Wildman–Crippen MR) is 56.0 cm³/mol. The summed E-state index contributed by atoms with van der Waals surface area (Å²) in [5.41, 5.74) is 0.526. The Labute approximate surface area is 85.5 Å². The average Bonchev–Trinajstić information content (AvgIpc) is 2.96. The molecule has 0 saturated heterocycles. The molecule has 0 bridgehead atoms. The van der Waals surface area contributed by atoms with Crippen molar-refractivity contribution in [2.45, 2.75) is 47.0 Å². The molecule has 0 unspecified atom stereocenters. The fourth-order valence-corrected chi connectivity index (χ4v) is 0.957. The van der Waals surface area contributed by atoms with Gasteiger partial charge in [0.15, 0.2) is 0 Å². The molecule has 0 atom stereocenters. The smallest absolute Gasteiger partial charge is 0.318 e. The highest BCUT2D eigenvalue weighted by atomic mass is 16.7. The largest absolute Gasteiger partial charge is 0.340 e. The van der Waals surface area contributed by atoms with Gasteiger partial charge in [-0.05, 0) is 40.0 Å². The van der Waals surface area contributed by atoms with Crippen molar-refractivity contribution in [1.82, 2.24) is 0 Å². The molecule has 1 rings (SSSR count). The highest BCUT2D eigenvalue weighted by Crippen LogP contribution is 2.30. The molecule has 0 amide bonds. The van der Waals surface area contributed by atoms with Gasteiger partial charge >= 0.3 is 5.97 Å². The first-order chi connectivity index (χ1) is 6.47. The van der Waals surface area contributed by atoms with E-state index in [-0.39, 0.29) is 5.97 Å². The molecule has 0 aromatic carbocycles. The van der Waals surface area contributed by atoms with Crippen molar-refractivity contribution in [1.29, 1.82) is 0 Å². The van der Waals surface area contributed by atoms with Crippen LogP contribution in [0.3, 0.4) is 0 Å². The Balaban J connectivity index is 2.44. The molecule has 0 heterocycles. The lowest BCUT2D eigenvalue weighted by atomic mass is 9.91. The molecule has 3 nitrogen and oxygen atoms in total. The van der Waals surface area contributed by atoms with Crippen molar-refractivity contribution < 1.29 is 9.63 Å². The summed E-state index contributed by atoms with van der Waals surface area (Å²) in [6.07, 6.45) is 3.14. The molecule has 1 saturated carbocycles. The first-order valence-electron chi connectivity index (χ1n) is 5.23. The lowest BCUT2D eigenvalue weighted by Gasteiger charge is -2.17. The van der Waals surface area contributed by atoms with Crippen LogP contribution >= 0.6 is 0 Å². The van der Waals surface area contributed by atoms with E-state index in [1.165, 1.54) is 12.8 Å². The number of carbonyl (C=O) groups excluding carboxylic acids is 1. The summed E-state index contributed by atoms with van der Waals surface area (Å²) in [4.78, 5) is 16.4. The first-order valence-corrected chi connectivity index (χ1v) is 5.23. The predicted octanol–water partition coefficient (Wildman–Crippen LogP) is 2.75. The summed E-state index contributed by atoms with van der Waals surface area (Å²) in [5.74, 6) is 0.326. The zero-order valence-electron chi connectivity index (χ0n) is 9.46. The summed E-state index contributed by atoms with van der Waals surface area (Å²) < 4.78 is 0. The Morgan fingerprint density at radius 2 is 2.07 bits per heavy atom. The second-order valence-corrected chi connectivity index (χ2v) is 4.62. The van der Waals surface area contributed by atoms with Gasteiger partial charge in [0.1, 0.15) is 0 Å². The van der Waals surface area contributed by atoms with Gasteiger partial charge in [0, 0.05) is 5.92 Å². The van der Waals surface area contributed by atoms with Gasteiger partial charge in [-0.3, -0.25) is 0 Å². The van der Waals surface area contributed by atoms with Crippen molar-refractivity contribution in [2.24, 2.45) is 16.5 Å². The van der Waals surface area contributed by atoms with Gasteiger partial charge in [-0.2, -0.15) is 0 Å². The van der Waals surface area contributed by atoms with E-state index in [2.05, 4.69) is 5.16 Å². The molecule has 1 aliphatic carbocycles. The molecule has 1 aliphatic rings. The van der Waals surface area contributed by atoms with Crippen molar-refractivity contribution in [3.05, 3.63) is 0 Å². The van der Waals surface area contributed by atoms with Gasteiger partial charge in [-0.15, -0.1) is 0 Å². The van der Waals surface area contributed by atoms with E-state index in [1.54, 1.807) is 0 Å². The highest BCUT2D eigenvalue weighted by Gasteiger charge is 2.29. The zero-order chi connectivity index (χ0) is 10.8. The first kappa shape index (κ1) is 11.2. The van der Waals surface area contributed by atoms with Crippen molar-refractivity contribution in [3.8, 4) is 0 Å². The van der Waals surface area contributed by atoms with Crippen LogP contribution < -0.4 is 0 Å². The molecule has 0 aromatic rings. The number of carbonyl (C=O) groups is 1. The number of oxime groups is 1. The average molecular weight is 197 g/mol. The van der Waals surface area contributed by atoms with Crippen LogP contribution in [0.2, 0.25) is 0 Å². The fraction of sp³-hybridized carbons (Fsp3) is 0.818. The Morgan fingerprint density at radius 3 is 2.50 bits per heavy atom. The molecule has 0 aliphatic heterocycles. The second-order valence-electron chi connectivity index (χ2n) is 4.62. The molecule has 3 heteroatoms. The molecule has 80 valence electrons. The number of hydrogen-bond acceptors (Lipinski definition) is 3. The summed E-state index contributed by atoms with van der Waals surface area (Å²) in [7, 11) is 0. The molecule has 0 N–H and O–H groups in total. The molecule has 14 heavy (non-hydrogen) atoms. The molecule has 0 spiro atoms. The Bertz CT molecular complexity index is 252. The van der Waals surface area contributed by atoms with Crippen LogP contribution in [0.4, 0.5) is 0 Å². The lowest BCUT2D eigenvalue weighted by Crippen LogP contribution is -2.24. The minimum absolute atomic E-state index is 0.236. The quantitative estimate of drug-likeness (QED) is 0.395. The van der Waals surface area contributed by atoms with Crippen molar-refractivity contribution in [2.75, 3.05) is 0 Å². The fourth-order valence-electron chi connectivity index (χ4n) is 0.957. The number of nitrogens with zero attached hydrogens (tertiary/aromatic N) is 1. The summed E-state index contributed by atoms with van der Waals surface area (Å²) >= 11 is 0. The third-order valence-corrected chi connectivity index (χ3v) is 2.88. The maximum absolute atomic E-state index is 11.5. The lowest BCUT2D eigenvalue weighted by molar-refractivity contribution is -0.154. The van der Waals surface area contributed by atoms with E-state index in [0.29, 0.717) is 5.92 Å². The Hall–Kier alpha value is -0.860. The maximum Gasteiger partial charge on any atom is 0.340 e. The topological polar surface area (TPSA) is 38.7 Å². The van der Waals surface area contributed by atoms with E-state index >= 15 is 0 Å². The van der Waals surface area contributed by atoms with E-state index in [0.717, 1.165) is 12.1 Å². The van der Waals surface area contributed by atoms with E-state index < -0.39 is 5.41 Å². The summed E-state index contributed by atoms with van der Waals surface area (Å²) in [6, 6.07) is 0. The van der Waals surface area contributed by atoms with Gasteiger partial charge in [-0.1, -0.05) is 12.1 Å². The van der Waals surface area contributed by atoms with Crippen molar-refractivity contribution >= 4 is 11.7 Å². The molecule has 0 radical (unpaired) electrons. The van der Waals surface area contributed by atoms with E-state index in [4.69, 9.17) is 4.84 Å². The number of rotatable bonds is 4. The minimum atomic E-state index is -0.423. The van der Waals surface area contributed by atoms with E-state index in [1.807, 2.05) is 27.7 Å². The Kier molecular flexibility index (Phi) is 3.29. The van der Waals surface area contributed by atoms with Crippen LogP contribution in [0.15, 0.2) is 5.16 Å². The zero-order valence-corrected chi connectivity index (χ0v) is 9.46. The third-order valence-electron chi connectivity index (χ3n) is 2.88. The minimum Gasteiger partial charge on any atom is -0.318 e. The second kappa shape index (κ2) is 4.11. The van der Waals surface area contributed by atoms with Crippen molar-refractivity contribution in [3.63, 3.8) is 0 Å². The highest BCUT2D eigenvalue weighted by molar-refractivity contribution is 5.87. The summed E-state index contributed by atoms with van der Waals surface area (Å²) in [5, 5.41) is 3.87. The molecule has 0 aromatic heterocycles. The van der Waals surface area contributed by atoms with Crippen LogP contribution in [0.5, 0.6) is 0 Å². The molecular formula is C11H19NO2. The van der Waals surface area contributed by atoms with Crippen LogP contribution in [0.25, 0.3) is 0 Å². The monoisotopic (exact) mass is 197 g/mol. The van der Waals surface area contributed by atoms with Crippen LogP contribution in [-0.2, 0) is 9.63 Å². The van der Waals surface area contributed by atoms with Crippen LogP contribution in [0.1, 0.15) is 47.0 Å². The SMILES string of the molecule is CCC(C)(C)C(=O)O/N=C(\C)C1CC1. The molecule has 1 fully saturated rings. The third kappa shape index (κ3) is 2.82. The maximum atomic E-state index is 11.5.